The molecule has 0 aliphatic carbocycles. The Hall–Kier alpha value is -5.89. The first-order chi connectivity index (χ1) is 24.1. The molecule has 0 atom stereocenters. The Morgan fingerprint density at radius 3 is 1.76 bits per heavy atom. The first kappa shape index (κ1) is 29.3. The molecule has 0 amide bonds. The zero-order chi connectivity index (χ0) is 33.0. The van der Waals surface area contributed by atoms with E-state index in [-0.39, 0.29) is 5.82 Å². The van der Waals surface area contributed by atoms with E-state index < -0.39 is 7.14 Å². The Morgan fingerprint density at radius 2 is 1.00 bits per heavy atom. The minimum Gasteiger partial charge on any atom is -0.309 e. The normalized spacial score (nSPS) is 11.9. The van der Waals surface area contributed by atoms with Crippen LogP contribution in [0.5, 0.6) is 0 Å². The molecule has 0 saturated heterocycles. The van der Waals surface area contributed by atoms with Crippen LogP contribution >= 0.6 is 7.14 Å². The second-order valence-electron chi connectivity index (χ2n) is 12.4. The fourth-order valence-electron chi connectivity index (χ4n) is 7.11. The summed E-state index contributed by atoms with van der Waals surface area (Å²) in [5.74, 6) is -0.270. The largest absolute Gasteiger partial charge is 0.309 e. The quantitative estimate of drug-likeness (QED) is 0.137. The fraction of sp³-hybridized carbons (Fsp3) is 0. The number of aromatic nitrogens is 1. The third-order valence-electron chi connectivity index (χ3n) is 9.56. The lowest BCUT2D eigenvalue weighted by Crippen LogP contribution is -2.24. The highest BCUT2D eigenvalue weighted by Crippen LogP contribution is 2.43. The molecule has 0 radical (unpaired) electrons. The number of benzene rings is 8. The van der Waals surface area contributed by atoms with Gasteiger partial charge in [-0.1, -0.05) is 133 Å². The Labute approximate surface area is 283 Å². The van der Waals surface area contributed by atoms with Crippen molar-refractivity contribution < 1.29 is 8.96 Å². The van der Waals surface area contributed by atoms with Gasteiger partial charge in [-0.15, -0.1) is 0 Å². The van der Waals surface area contributed by atoms with Gasteiger partial charge in [-0.25, -0.2) is 9.37 Å². The van der Waals surface area contributed by atoms with Crippen molar-refractivity contribution in [1.29, 1.82) is 0 Å². The Morgan fingerprint density at radius 1 is 0.429 bits per heavy atom. The molecule has 9 aromatic rings. The van der Waals surface area contributed by atoms with Gasteiger partial charge in [-0.2, -0.15) is 0 Å². The predicted octanol–water partition coefficient (Wildman–Crippen LogP) is 10.8. The van der Waals surface area contributed by atoms with Crippen LogP contribution in [0.1, 0.15) is 0 Å². The van der Waals surface area contributed by atoms with Crippen molar-refractivity contribution in [1.82, 2.24) is 4.98 Å². The van der Waals surface area contributed by atoms with E-state index in [1.807, 2.05) is 66.7 Å². The minimum atomic E-state index is -3.08. The van der Waals surface area contributed by atoms with Crippen LogP contribution < -0.4 is 15.9 Å². The van der Waals surface area contributed by atoms with Crippen LogP contribution in [-0.4, -0.2) is 4.98 Å². The van der Waals surface area contributed by atoms with E-state index in [0.717, 1.165) is 81.5 Å². The SMILES string of the molecule is O=P(c1ccccc1)(c1ccccc1)c1ccc2cc(-c3ccc4c(c3)nc(-c3ccc(F)cc3)c3ccc5ccccc5c34)ccc2c1. The third kappa shape index (κ3) is 4.94. The van der Waals surface area contributed by atoms with E-state index >= 15 is 0 Å². The van der Waals surface area contributed by atoms with Gasteiger partial charge in [0.25, 0.3) is 0 Å². The van der Waals surface area contributed by atoms with Gasteiger partial charge in [0.1, 0.15) is 5.82 Å². The van der Waals surface area contributed by atoms with Gasteiger partial charge in [-0.05, 0) is 75.1 Å². The molecule has 1 aromatic heterocycles. The van der Waals surface area contributed by atoms with Crippen molar-refractivity contribution in [2.75, 3.05) is 0 Å². The van der Waals surface area contributed by atoms with Crippen LogP contribution in [0.15, 0.2) is 176 Å². The van der Waals surface area contributed by atoms with E-state index in [9.17, 15) is 8.96 Å². The van der Waals surface area contributed by atoms with Gasteiger partial charge in [0.15, 0.2) is 7.14 Å². The number of nitrogens with zero attached hydrogens (tertiary/aromatic N) is 1. The molecule has 232 valence electrons. The van der Waals surface area contributed by atoms with Gasteiger partial charge in [0.05, 0.1) is 11.2 Å². The molecular weight excluding hydrogens is 620 g/mol. The summed E-state index contributed by atoms with van der Waals surface area (Å²) in [6.07, 6.45) is 0. The molecule has 0 N–H and O–H groups in total. The average Bonchev–Trinajstić information content (AvgIpc) is 3.17. The number of pyridine rings is 1. The Balaban J connectivity index is 1.19. The fourth-order valence-corrected chi connectivity index (χ4v) is 9.80. The van der Waals surface area contributed by atoms with E-state index in [2.05, 4.69) is 84.9 Å². The van der Waals surface area contributed by atoms with Crippen molar-refractivity contribution in [2.24, 2.45) is 0 Å². The summed E-state index contributed by atoms with van der Waals surface area (Å²) in [4.78, 5) is 5.20. The van der Waals surface area contributed by atoms with Gasteiger partial charge in [0.2, 0.25) is 0 Å². The van der Waals surface area contributed by atoms with Crippen molar-refractivity contribution in [3.8, 4) is 22.4 Å². The van der Waals surface area contributed by atoms with Crippen LogP contribution in [0.2, 0.25) is 0 Å². The summed E-state index contributed by atoms with van der Waals surface area (Å²) in [6.45, 7) is 0. The lowest BCUT2D eigenvalue weighted by Gasteiger charge is -2.20. The standard InChI is InChI=1S/C45H29FNOP/c46-36-22-17-31(18-23-36)45-42-26-20-30-9-7-8-14-40(30)44(42)41-25-21-35(29-43(41)47-45)32-15-16-34-28-39(24-19-33(34)27-32)49(48,37-10-3-1-4-11-37)38-12-5-2-6-13-38/h1-29H. The van der Waals surface area contributed by atoms with E-state index in [4.69, 9.17) is 4.98 Å². The average molecular weight is 650 g/mol. The van der Waals surface area contributed by atoms with Crippen LogP contribution in [0.3, 0.4) is 0 Å². The molecule has 8 aromatic carbocycles. The summed E-state index contributed by atoms with van der Waals surface area (Å²) in [6, 6.07) is 57.9. The molecular formula is C45H29FNOP. The highest BCUT2D eigenvalue weighted by atomic mass is 31.2. The molecule has 0 spiro atoms. The van der Waals surface area contributed by atoms with E-state index in [0.29, 0.717) is 0 Å². The molecule has 2 nitrogen and oxygen atoms in total. The van der Waals surface area contributed by atoms with Gasteiger partial charge >= 0.3 is 0 Å². The lowest BCUT2D eigenvalue weighted by molar-refractivity contribution is 0.592. The summed E-state index contributed by atoms with van der Waals surface area (Å²) >= 11 is 0. The van der Waals surface area contributed by atoms with Crippen molar-refractivity contribution in [3.63, 3.8) is 0 Å². The van der Waals surface area contributed by atoms with Crippen LogP contribution in [0.4, 0.5) is 4.39 Å². The zero-order valence-corrected chi connectivity index (χ0v) is 27.3. The van der Waals surface area contributed by atoms with Crippen molar-refractivity contribution in [3.05, 3.63) is 182 Å². The molecule has 9 rings (SSSR count). The number of rotatable bonds is 5. The van der Waals surface area contributed by atoms with Crippen molar-refractivity contribution in [2.45, 2.75) is 0 Å². The molecule has 0 aliphatic heterocycles. The molecule has 4 heteroatoms. The van der Waals surface area contributed by atoms with Gasteiger partial charge in [-0.3, -0.25) is 0 Å². The molecule has 0 unspecified atom stereocenters. The van der Waals surface area contributed by atoms with Crippen LogP contribution in [0.25, 0.3) is 65.6 Å². The smallest absolute Gasteiger partial charge is 0.171 e. The Bertz CT molecular complexity index is 2700. The molecule has 0 fully saturated rings. The molecule has 0 aliphatic rings. The topological polar surface area (TPSA) is 30.0 Å². The van der Waals surface area contributed by atoms with Gasteiger partial charge in [0, 0.05) is 37.6 Å². The van der Waals surface area contributed by atoms with E-state index in [1.165, 1.54) is 12.1 Å². The van der Waals surface area contributed by atoms with Crippen LogP contribution in [-0.2, 0) is 4.57 Å². The monoisotopic (exact) mass is 649 g/mol. The maximum Gasteiger partial charge on any atom is 0.171 e. The van der Waals surface area contributed by atoms with Crippen molar-refractivity contribution >= 4 is 66.3 Å². The highest BCUT2D eigenvalue weighted by Gasteiger charge is 2.29. The third-order valence-corrected chi connectivity index (χ3v) is 12.6. The summed E-state index contributed by atoms with van der Waals surface area (Å²) in [5, 5.41) is 10.1. The second-order valence-corrected chi connectivity index (χ2v) is 15.2. The summed E-state index contributed by atoms with van der Waals surface area (Å²) in [7, 11) is -3.08. The van der Waals surface area contributed by atoms with E-state index in [1.54, 1.807) is 12.1 Å². The minimum absolute atomic E-state index is 0.270. The maximum absolute atomic E-state index is 15.0. The van der Waals surface area contributed by atoms with Crippen LogP contribution in [0, 0.1) is 5.82 Å². The maximum atomic E-state index is 15.0. The van der Waals surface area contributed by atoms with Gasteiger partial charge < -0.3 is 4.57 Å². The summed E-state index contributed by atoms with van der Waals surface area (Å²) < 4.78 is 28.9. The first-order valence-corrected chi connectivity index (χ1v) is 18.0. The number of hydrogen-bond donors (Lipinski definition) is 0. The molecule has 0 bridgehead atoms. The highest BCUT2D eigenvalue weighted by molar-refractivity contribution is 7.85. The molecule has 49 heavy (non-hydrogen) atoms. The molecule has 1 heterocycles. The second kappa shape index (κ2) is 11.7. The number of halogens is 1. The predicted molar refractivity (Wildman–Crippen MR) is 204 cm³/mol. The first-order valence-electron chi connectivity index (χ1n) is 16.3. The number of hydrogen-bond acceptors (Lipinski definition) is 2. The Kier molecular flexibility index (Phi) is 6.97. The number of fused-ring (bicyclic) bond motifs is 6. The lowest BCUT2D eigenvalue weighted by atomic mass is 9.93. The molecule has 0 saturated carbocycles. The zero-order valence-electron chi connectivity index (χ0n) is 26.4. The summed E-state index contributed by atoms with van der Waals surface area (Å²) in [5.41, 5.74) is 4.70.